The summed E-state index contributed by atoms with van der Waals surface area (Å²) in [6.07, 6.45) is 1.35. The summed E-state index contributed by atoms with van der Waals surface area (Å²) in [5.41, 5.74) is 5.25. The molecule has 2 aliphatic heterocycles. The highest BCUT2D eigenvalue weighted by Gasteiger charge is 2.36. The van der Waals surface area contributed by atoms with E-state index in [1.54, 1.807) is 0 Å². The van der Waals surface area contributed by atoms with Crippen LogP contribution in [0, 0.1) is 0 Å². The Morgan fingerprint density at radius 3 is 2.28 bits per heavy atom. The van der Waals surface area contributed by atoms with Crippen LogP contribution in [-0.2, 0) is 14.6 Å². The summed E-state index contributed by atoms with van der Waals surface area (Å²) in [6, 6.07) is -0.817. The molecule has 0 radical (unpaired) electrons. The molecule has 0 aliphatic carbocycles. The van der Waals surface area contributed by atoms with Crippen molar-refractivity contribution >= 4 is 21.8 Å². The Morgan fingerprint density at radius 1 is 1.11 bits per heavy atom. The van der Waals surface area contributed by atoms with Gasteiger partial charge in [-0.15, -0.1) is 0 Å². The van der Waals surface area contributed by atoms with Gasteiger partial charge >= 0.3 is 6.03 Å². The molecule has 2 fully saturated rings. The molecular weight excluding hydrogens is 258 g/mol. The lowest BCUT2D eigenvalue weighted by Gasteiger charge is -2.32. The molecule has 2 rings (SSSR count). The quantitative estimate of drug-likeness (QED) is 0.648. The maximum Gasteiger partial charge on any atom is 0.320 e. The van der Waals surface area contributed by atoms with E-state index in [1.165, 1.54) is 9.80 Å². The second-order valence-corrected chi connectivity index (χ2v) is 6.98. The molecular formula is C10H17N3O4S. The minimum atomic E-state index is -3.01. The average molecular weight is 275 g/mol. The van der Waals surface area contributed by atoms with Crippen molar-refractivity contribution in [3.8, 4) is 0 Å². The van der Waals surface area contributed by atoms with Gasteiger partial charge in [0.15, 0.2) is 9.84 Å². The van der Waals surface area contributed by atoms with Gasteiger partial charge in [-0.3, -0.25) is 4.79 Å². The molecule has 8 heteroatoms. The molecule has 2 aliphatic rings. The number of rotatable bonds is 1. The fourth-order valence-corrected chi connectivity index (χ4v) is 3.58. The molecule has 1 atom stereocenters. The highest BCUT2D eigenvalue weighted by molar-refractivity contribution is 7.91. The van der Waals surface area contributed by atoms with Crippen LogP contribution < -0.4 is 5.73 Å². The zero-order valence-corrected chi connectivity index (χ0v) is 10.9. The first-order valence-electron chi connectivity index (χ1n) is 5.96. The van der Waals surface area contributed by atoms with Crippen LogP contribution in [0.4, 0.5) is 4.79 Å². The van der Waals surface area contributed by atoms with E-state index in [0.717, 1.165) is 6.42 Å². The van der Waals surface area contributed by atoms with Gasteiger partial charge in [0.25, 0.3) is 0 Å². The number of nitrogens with zero attached hydrogens (tertiary/aromatic N) is 2. The Bertz CT molecular complexity index is 448. The Morgan fingerprint density at radius 2 is 1.72 bits per heavy atom. The van der Waals surface area contributed by atoms with Crippen LogP contribution in [0.2, 0.25) is 0 Å². The number of hydrogen-bond acceptors (Lipinski definition) is 4. The van der Waals surface area contributed by atoms with Crippen LogP contribution >= 0.6 is 0 Å². The number of nitrogens with two attached hydrogens (primary N) is 1. The number of carbonyl (C=O) groups excluding carboxylic acids is 2. The summed E-state index contributed by atoms with van der Waals surface area (Å²) in [6.45, 7) is 0.905. The molecule has 2 N–H and O–H groups in total. The number of carbonyl (C=O) groups is 2. The molecule has 0 saturated carbocycles. The third-order valence-electron chi connectivity index (χ3n) is 3.44. The maximum atomic E-state index is 12.2. The van der Waals surface area contributed by atoms with Crippen molar-refractivity contribution in [3.63, 3.8) is 0 Å². The number of likely N-dealkylation sites (tertiary alicyclic amines) is 1. The predicted octanol–water partition coefficient (Wildman–Crippen LogP) is -1.21. The maximum absolute atomic E-state index is 12.2. The standard InChI is InChI=1S/C10H17N3O4S/c11-9(14)8-2-1-3-13(8)10(15)12-4-6-18(16,17)7-5-12/h8H,1-7H2,(H2,11,14)/t8-/m1/s1. The van der Waals surface area contributed by atoms with Gasteiger partial charge in [-0.05, 0) is 12.8 Å². The predicted molar refractivity (Wildman–Crippen MR) is 64.5 cm³/mol. The topological polar surface area (TPSA) is 101 Å². The molecule has 0 spiro atoms. The van der Waals surface area contributed by atoms with Gasteiger partial charge in [-0.1, -0.05) is 0 Å². The highest BCUT2D eigenvalue weighted by Crippen LogP contribution is 2.19. The monoisotopic (exact) mass is 275 g/mol. The molecule has 102 valence electrons. The van der Waals surface area contributed by atoms with Crippen LogP contribution in [0.3, 0.4) is 0 Å². The Hall–Kier alpha value is -1.31. The summed E-state index contributed by atoms with van der Waals surface area (Å²) in [5.74, 6) is -0.507. The van der Waals surface area contributed by atoms with Crippen molar-refractivity contribution < 1.29 is 18.0 Å². The highest BCUT2D eigenvalue weighted by atomic mass is 32.2. The molecule has 2 heterocycles. The molecule has 0 aromatic heterocycles. The second-order valence-electron chi connectivity index (χ2n) is 4.68. The molecule has 18 heavy (non-hydrogen) atoms. The van der Waals surface area contributed by atoms with Crippen molar-refractivity contribution in [2.45, 2.75) is 18.9 Å². The van der Waals surface area contributed by atoms with E-state index in [4.69, 9.17) is 5.73 Å². The van der Waals surface area contributed by atoms with Gasteiger partial charge in [0, 0.05) is 19.6 Å². The van der Waals surface area contributed by atoms with E-state index in [1.807, 2.05) is 0 Å². The summed E-state index contributed by atoms with van der Waals surface area (Å²) >= 11 is 0. The zero-order chi connectivity index (χ0) is 13.3. The van der Waals surface area contributed by atoms with Gasteiger partial charge in [0.1, 0.15) is 6.04 Å². The first kappa shape index (κ1) is 13.1. The Balaban J connectivity index is 2.02. The first-order valence-corrected chi connectivity index (χ1v) is 7.78. The SMILES string of the molecule is NC(=O)[C@H]1CCCN1C(=O)N1CCS(=O)(=O)CC1. The second kappa shape index (κ2) is 4.75. The van der Waals surface area contributed by atoms with Crippen molar-refractivity contribution in [1.29, 1.82) is 0 Å². The Kier molecular flexibility index (Phi) is 3.47. The van der Waals surface area contributed by atoms with Crippen LogP contribution in [0.1, 0.15) is 12.8 Å². The smallest absolute Gasteiger partial charge is 0.320 e. The molecule has 3 amide bonds. The van der Waals surface area contributed by atoms with E-state index in [0.29, 0.717) is 13.0 Å². The minimum absolute atomic E-state index is 0.00613. The fourth-order valence-electron chi connectivity index (χ4n) is 2.38. The third kappa shape index (κ3) is 2.58. The van der Waals surface area contributed by atoms with Crippen LogP contribution in [0.5, 0.6) is 0 Å². The summed E-state index contributed by atoms with van der Waals surface area (Å²) in [7, 11) is -3.01. The largest absolute Gasteiger partial charge is 0.368 e. The van der Waals surface area contributed by atoms with Gasteiger partial charge in [-0.2, -0.15) is 0 Å². The number of urea groups is 1. The van der Waals surface area contributed by atoms with Gasteiger partial charge < -0.3 is 15.5 Å². The molecule has 0 aromatic rings. The Labute approximate surface area is 106 Å². The van der Waals surface area contributed by atoms with Crippen molar-refractivity contribution in [2.24, 2.45) is 5.73 Å². The van der Waals surface area contributed by atoms with E-state index in [9.17, 15) is 18.0 Å². The van der Waals surface area contributed by atoms with Gasteiger partial charge in [-0.25, -0.2) is 13.2 Å². The molecule has 7 nitrogen and oxygen atoms in total. The molecule has 0 aromatic carbocycles. The first-order chi connectivity index (χ1) is 8.41. The van der Waals surface area contributed by atoms with E-state index < -0.39 is 21.8 Å². The fraction of sp³-hybridized carbons (Fsp3) is 0.800. The number of hydrogen-bond donors (Lipinski definition) is 1. The van der Waals surface area contributed by atoms with Crippen LogP contribution in [0.15, 0.2) is 0 Å². The summed E-state index contributed by atoms with van der Waals surface area (Å²) in [5, 5.41) is 0. The normalized spacial score (nSPS) is 27.2. The van der Waals surface area contributed by atoms with E-state index in [2.05, 4.69) is 0 Å². The van der Waals surface area contributed by atoms with Crippen molar-refractivity contribution in [3.05, 3.63) is 0 Å². The summed E-state index contributed by atoms with van der Waals surface area (Å²) in [4.78, 5) is 26.3. The molecule has 0 bridgehead atoms. The average Bonchev–Trinajstić information content (AvgIpc) is 2.77. The number of sulfone groups is 1. The molecule has 2 saturated heterocycles. The lowest BCUT2D eigenvalue weighted by Crippen LogP contribution is -2.53. The van der Waals surface area contributed by atoms with Crippen LogP contribution in [-0.4, -0.2) is 67.3 Å². The van der Waals surface area contributed by atoms with E-state index >= 15 is 0 Å². The zero-order valence-electron chi connectivity index (χ0n) is 10.0. The number of primary amides is 1. The lowest BCUT2D eigenvalue weighted by molar-refractivity contribution is -0.121. The minimum Gasteiger partial charge on any atom is -0.368 e. The van der Waals surface area contributed by atoms with Gasteiger partial charge in [0.05, 0.1) is 11.5 Å². The molecule has 0 unspecified atom stereocenters. The lowest BCUT2D eigenvalue weighted by atomic mass is 10.2. The number of amides is 3. The van der Waals surface area contributed by atoms with E-state index in [-0.39, 0.29) is 30.6 Å². The summed E-state index contributed by atoms with van der Waals surface area (Å²) < 4.78 is 22.6. The third-order valence-corrected chi connectivity index (χ3v) is 5.05. The van der Waals surface area contributed by atoms with Crippen molar-refractivity contribution in [2.75, 3.05) is 31.1 Å². The van der Waals surface area contributed by atoms with Gasteiger partial charge in [0.2, 0.25) is 5.91 Å². The van der Waals surface area contributed by atoms with Crippen molar-refractivity contribution in [1.82, 2.24) is 9.80 Å². The van der Waals surface area contributed by atoms with Crippen LogP contribution in [0.25, 0.3) is 0 Å².